The highest BCUT2D eigenvalue weighted by Crippen LogP contribution is 2.12. The molecule has 0 bridgehead atoms. The summed E-state index contributed by atoms with van der Waals surface area (Å²) >= 11 is 1.92. The molecule has 1 aliphatic heterocycles. The van der Waals surface area contributed by atoms with Crippen molar-refractivity contribution in [2.75, 3.05) is 24.6 Å². The van der Waals surface area contributed by atoms with E-state index in [-0.39, 0.29) is 30.3 Å². The van der Waals surface area contributed by atoms with Crippen LogP contribution in [0.2, 0.25) is 0 Å². The Kier molecular flexibility index (Phi) is 7.40. The molecule has 0 unspecified atom stereocenters. The molecule has 0 aliphatic carbocycles. The van der Waals surface area contributed by atoms with Crippen molar-refractivity contribution in [1.82, 2.24) is 4.90 Å². The molecule has 2 N–H and O–H groups in total. The lowest BCUT2D eigenvalue weighted by Gasteiger charge is -2.25. The second-order valence-electron chi connectivity index (χ2n) is 4.06. The Balaban J connectivity index is 0.00000196. The first-order valence-electron chi connectivity index (χ1n) is 5.25. The van der Waals surface area contributed by atoms with Crippen LogP contribution in [0.25, 0.3) is 0 Å². The van der Waals surface area contributed by atoms with Gasteiger partial charge in [0.2, 0.25) is 5.91 Å². The fourth-order valence-electron chi connectivity index (χ4n) is 1.46. The highest BCUT2D eigenvalue weighted by atomic mass is 35.5. The van der Waals surface area contributed by atoms with Crippen molar-refractivity contribution >= 4 is 30.1 Å². The number of thioether (sulfide) groups is 1. The first-order chi connectivity index (χ1) is 6.63. The number of amides is 1. The van der Waals surface area contributed by atoms with Crippen molar-refractivity contribution in [3.63, 3.8) is 0 Å². The third-order valence-electron chi connectivity index (χ3n) is 2.54. The lowest BCUT2D eigenvalue weighted by atomic mass is 10.0. The van der Waals surface area contributed by atoms with Crippen LogP contribution in [0.1, 0.15) is 20.3 Å². The van der Waals surface area contributed by atoms with E-state index >= 15 is 0 Å². The molecule has 0 aromatic heterocycles. The van der Waals surface area contributed by atoms with E-state index in [0.717, 1.165) is 25.3 Å². The minimum Gasteiger partial charge on any atom is -0.340 e. The van der Waals surface area contributed by atoms with Crippen molar-refractivity contribution in [1.29, 1.82) is 0 Å². The van der Waals surface area contributed by atoms with Gasteiger partial charge in [-0.2, -0.15) is 11.8 Å². The Morgan fingerprint density at radius 3 is 2.60 bits per heavy atom. The third kappa shape index (κ3) is 4.62. The molecule has 1 aliphatic rings. The number of nitrogens with two attached hydrogens (primary N) is 1. The summed E-state index contributed by atoms with van der Waals surface area (Å²) in [6.45, 7) is 5.74. The molecule has 1 atom stereocenters. The molecule has 1 heterocycles. The molecule has 1 fully saturated rings. The van der Waals surface area contributed by atoms with Crippen LogP contribution in [-0.2, 0) is 4.79 Å². The van der Waals surface area contributed by atoms with E-state index in [4.69, 9.17) is 5.73 Å². The van der Waals surface area contributed by atoms with Crippen molar-refractivity contribution in [3.05, 3.63) is 0 Å². The van der Waals surface area contributed by atoms with Crippen LogP contribution in [0.4, 0.5) is 0 Å². The molecule has 1 amide bonds. The fourth-order valence-corrected chi connectivity index (χ4v) is 2.35. The van der Waals surface area contributed by atoms with Crippen LogP contribution in [0.15, 0.2) is 0 Å². The number of rotatable bonds is 2. The predicted molar refractivity (Wildman–Crippen MR) is 68.6 cm³/mol. The van der Waals surface area contributed by atoms with Gasteiger partial charge in [-0.05, 0) is 18.1 Å². The molecule has 3 nitrogen and oxygen atoms in total. The Labute approximate surface area is 103 Å². The number of hydrogen-bond donors (Lipinski definition) is 1. The largest absolute Gasteiger partial charge is 0.340 e. The number of carbonyl (C=O) groups is 1. The quantitative estimate of drug-likeness (QED) is 0.807. The maximum absolute atomic E-state index is 11.9. The van der Waals surface area contributed by atoms with Crippen LogP contribution < -0.4 is 5.73 Å². The van der Waals surface area contributed by atoms with Crippen LogP contribution >= 0.6 is 24.2 Å². The van der Waals surface area contributed by atoms with Gasteiger partial charge in [-0.15, -0.1) is 12.4 Å². The van der Waals surface area contributed by atoms with E-state index < -0.39 is 0 Å². The van der Waals surface area contributed by atoms with Gasteiger partial charge in [0.05, 0.1) is 6.04 Å². The highest BCUT2D eigenvalue weighted by Gasteiger charge is 2.23. The van der Waals surface area contributed by atoms with Gasteiger partial charge in [-0.1, -0.05) is 13.8 Å². The van der Waals surface area contributed by atoms with Crippen molar-refractivity contribution < 1.29 is 4.79 Å². The van der Waals surface area contributed by atoms with E-state index in [1.807, 2.05) is 30.5 Å². The van der Waals surface area contributed by atoms with E-state index in [9.17, 15) is 4.79 Å². The van der Waals surface area contributed by atoms with Gasteiger partial charge < -0.3 is 10.6 Å². The summed E-state index contributed by atoms with van der Waals surface area (Å²) in [5.74, 6) is 2.58. The van der Waals surface area contributed by atoms with Gasteiger partial charge in [0.25, 0.3) is 0 Å². The third-order valence-corrected chi connectivity index (χ3v) is 3.59. The van der Waals surface area contributed by atoms with Crippen molar-refractivity contribution in [3.8, 4) is 0 Å². The Morgan fingerprint density at radius 2 is 2.00 bits per heavy atom. The Hall–Kier alpha value is 0.0700. The molecule has 5 heteroatoms. The summed E-state index contributed by atoms with van der Waals surface area (Å²) in [4.78, 5) is 13.8. The summed E-state index contributed by atoms with van der Waals surface area (Å²) in [6, 6.07) is -0.321. The topological polar surface area (TPSA) is 46.3 Å². The van der Waals surface area contributed by atoms with Crippen molar-refractivity contribution in [2.24, 2.45) is 11.7 Å². The van der Waals surface area contributed by atoms with Gasteiger partial charge in [0, 0.05) is 18.8 Å². The monoisotopic (exact) mass is 252 g/mol. The molecular formula is C10H21ClN2OS. The van der Waals surface area contributed by atoms with Gasteiger partial charge in [-0.3, -0.25) is 4.79 Å². The van der Waals surface area contributed by atoms with Gasteiger partial charge >= 0.3 is 0 Å². The second kappa shape index (κ2) is 7.36. The molecule has 0 saturated carbocycles. The summed E-state index contributed by atoms with van der Waals surface area (Å²) in [7, 11) is 0. The van der Waals surface area contributed by atoms with E-state index in [2.05, 4.69) is 0 Å². The average Bonchev–Trinajstić information content (AvgIpc) is 2.43. The molecule has 1 saturated heterocycles. The van der Waals surface area contributed by atoms with Gasteiger partial charge in [0.15, 0.2) is 0 Å². The maximum atomic E-state index is 11.9. The molecule has 0 radical (unpaired) electrons. The van der Waals surface area contributed by atoms with E-state index in [1.54, 1.807) is 0 Å². The lowest BCUT2D eigenvalue weighted by Crippen LogP contribution is -2.47. The van der Waals surface area contributed by atoms with E-state index in [1.165, 1.54) is 5.75 Å². The molecule has 90 valence electrons. The number of nitrogens with zero attached hydrogens (tertiary/aromatic N) is 1. The normalized spacial score (nSPS) is 19.3. The van der Waals surface area contributed by atoms with Crippen LogP contribution in [-0.4, -0.2) is 41.4 Å². The van der Waals surface area contributed by atoms with Gasteiger partial charge in [-0.25, -0.2) is 0 Å². The van der Waals surface area contributed by atoms with Crippen LogP contribution in [0, 0.1) is 5.92 Å². The van der Waals surface area contributed by atoms with Gasteiger partial charge in [0.1, 0.15) is 0 Å². The van der Waals surface area contributed by atoms with Crippen LogP contribution in [0.3, 0.4) is 0 Å². The van der Waals surface area contributed by atoms with E-state index in [0.29, 0.717) is 0 Å². The maximum Gasteiger partial charge on any atom is 0.239 e. The summed E-state index contributed by atoms with van der Waals surface area (Å²) in [6.07, 6.45) is 1.10. The first kappa shape index (κ1) is 15.1. The minimum atomic E-state index is -0.321. The molecule has 1 rings (SSSR count). The Morgan fingerprint density at radius 1 is 1.33 bits per heavy atom. The summed E-state index contributed by atoms with van der Waals surface area (Å²) < 4.78 is 0. The van der Waals surface area contributed by atoms with Crippen LogP contribution in [0.5, 0.6) is 0 Å². The number of carbonyl (C=O) groups excluding carboxylic acids is 1. The van der Waals surface area contributed by atoms with Crippen molar-refractivity contribution in [2.45, 2.75) is 26.3 Å². The molecule has 0 spiro atoms. The first-order valence-corrected chi connectivity index (χ1v) is 6.40. The standard InChI is InChI=1S/C10H20N2OS.ClH/c1-8(2)9(11)10(13)12-4-3-6-14-7-5-12;/h8-9H,3-7,11H2,1-2H3;1H/t9-;/m1./s1. The zero-order valence-electron chi connectivity index (χ0n) is 9.44. The lowest BCUT2D eigenvalue weighted by molar-refractivity contribution is -0.133. The minimum absolute atomic E-state index is 0. The smallest absolute Gasteiger partial charge is 0.239 e. The second-order valence-corrected chi connectivity index (χ2v) is 5.29. The zero-order valence-corrected chi connectivity index (χ0v) is 11.1. The summed E-state index contributed by atoms with van der Waals surface area (Å²) in [5, 5.41) is 0. The molecular weight excluding hydrogens is 232 g/mol. The molecule has 15 heavy (non-hydrogen) atoms. The Bertz CT molecular complexity index is 194. The SMILES string of the molecule is CC(C)[C@@H](N)C(=O)N1CCCSCC1.Cl. The average molecular weight is 253 g/mol. The predicted octanol–water partition coefficient (Wildman–Crippen LogP) is 1.36. The summed E-state index contributed by atoms with van der Waals surface area (Å²) in [5.41, 5.74) is 5.84. The highest BCUT2D eigenvalue weighted by molar-refractivity contribution is 7.99. The zero-order chi connectivity index (χ0) is 10.6. The molecule has 0 aromatic rings. The fraction of sp³-hybridized carbons (Fsp3) is 0.900. The number of hydrogen-bond acceptors (Lipinski definition) is 3. The molecule has 0 aromatic carbocycles. The number of halogens is 1.